The Balaban J connectivity index is 2.49. The Morgan fingerprint density at radius 2 is 1.86 bits per heavy atom. The molecule has 0 aliphatic heterocycles. The highest BCUT2D eigenvalue weighted by molar-refractivity contribution is 6.07. The van der Waals surface area contributed by atoms with Crippen LogP contribution in [0.4, 0.5) is 4.39 Å². The van der Waals surface area contributed by atoms with Crippen molar-refractivity contribution >= 4 is 22.6 Å². The fraction of sp³-hybridized carbons (Fsp3) is 0.125. The van der Waals surface area contributed by atoms with Crippen molar-refractivity contribution in [3.63, 3.8) is 0 Å². The molecule has 2 rings (SSSR count). The maximum atomic E-state index is 13.8. The zero-order valence-electron chi connectivity index (χ0n) is 11.3. The van der Waals surface area contributed by atoms with Crippen LogP contribution in [0.1, 0.15) is 10.4 Å². The Hall–Kier alpha value is -2.69. The van der Waals surface area contributed by atoms with Crippen LogP contribution in [0.3, 0.4) is 0 Å². The average Bonchev–Trinajstić information content (AvgIpc) is 2.46. The molecule has 0 saturated heterocycles. The molecule has 0 aromatic heterocycles. The molecule has 21 heavy (non-hydrogen) atoms. The summed E-state index contributed by atoms with van der Waals surface area (Å²) >= 11 is 0. The summed E-state index contributed by atoms with van der Waals surface area (Å²) in [5.74, 6) is -2.00. The van der Waals surface area contributed by atoms with Crippen molar-refractivity contribution in [1.82, 2.24) is 4.90 Å². The van der Waals surface area contributed by atoms with Gasteiger partial charge in [-0.1, -0.05) is 30.3 Å². The van der Waals surface area contributed by atoms with Crippen molar-refractivity contribution in [2.75, 3.05) is 13.1 Å². The van der Waals surface area contributed by atoms with Gasteiger partial charge in [0.2, 0.25) is 0 Å². The molecule has 0 heterocycles. The predicted octanol–water partition coefficient (Wildman–Crippen LogP) is 2.69. The summed E-state index contributed by atoms with van der Waals surface area (Å²) < 4.78 is 13.8. The first-order chi connectivity index (χ1) is 10.0. The van der Waals surface area contributed by atoms with Crippen molar-refractivity contribution in [2.45, 2.75) is 0 Å². The quantitative estimate of drug-likeness (QED) is 0.860. The summed E-state index contributed by atoms with van der Waals surface area (Å²) in [4.78, 5) is 24.5. The number of carbonyl (C=O) groups is 2. The Morgan fingerprint density at radius 1 is 1.19 bits per heavy atom. The molecular formula is C16H14FNO3. The number of carboxylic acid groups (broad SMARTS) is 1. The standard InChI is InChI=1S/C16H14FNO3/c1-2-9-18(10-15(19)20)16(21)13-7-8-14(17)12-6-4-3-5-11(12)13/h2-8H,1,9-10H2,(H,19,20). The lowest BCUT2D eigenvalue weighted by Crippen LogP contribution is -2.35. The van der Waals surface area contributed by atoms with Crippen LogP contribution >= 0.6 is 0 Å². The number of amides is 1. The van der Waals surface area contributed by atoms with Crippen LogP contribution in [0.2, 0.25) is 0 Å². The molecule has 0 unspecified atom stereocenters. The first-order valence-electron chi connectivity index (χ1n) is 6.33. The number of carboxylic acids is 1. The summed E-state index contributed by atoms with van der Waals surface area (Å²) in [6, 6.07) is 9.18. The predicted molar refractivity (Wildman–Crippen MR) is 77.6 cm³/mol. The molecule has 2 aromatic carbocycles. The Kier molecular flexibility index (Phi) is 4.33. The van der Waals surface area contributed by atoms with E-state index >= 15 is 0 Å². The molecule has 0 spiro atoms. The van der Waals surface area contributed by atoms with Gasteiger partial charge in [-0.05, 0) is 17.5 Å². The largest absolute Gasteiger partial charge is 0.480 e. The Labute approximate surface area is 121 Å². The van der Waals surface area contributed by atoms with Crippen molar-refractivity contribution in [3.8, 4) is 0 Å². The van der Waals surface area contributed by atoms with E-state index in [0.29, 0.717) is 10.8 Å². The van der Waals surface area contributed by atoms with Crippen LogP contribution in [0.5, 0.6) is 0 Å². The average molecular weight is 287 g/mol. The number of carbonyl (C=O) groups excluding carboxylic acids is 1. The van der Waals surface area contributed by atoms with Crippen LogP contribution in [0, 0.1) is 5.82 Å². The van der Waals surface area contributed by atoms with Crippen LogP contribution in [-0.2, 0) is 4.79 Å². The van der Waals surface area contributed by atoms with Crippen LogP contribution < -0.4 is 0 Å². The lowest BCUT2D eigenvalue weighted by atomic mass is 10.0. The smallest absolute Gasteiger partial charge is 0.323 e. The van der Waals surface area contributed by atoms with E-state index in [1.54, 1.807) is 24.3 Å². The number of rotatable bonds is 5. The second-order valence-corrected chi connectivity index (χ2v) is 4.51. The fourth-order valence-corrected chi connectivity index (χ4v) is 2.16. The lowest BCUT2D eigenvalue weighted by Gasteiger charge is -2.20. The summed E-state index contributed by atoms with van der Waals surface area (Å²) in [5.41, 5.74) is 0.273. The highest BCUT2D eigenvalue weighted by Gasteiger charge is 2.20. The lowest BCUT2D eigenvalue weighted by molar-refractivity contribution is -0.137. The Bertz CT molecular complexity index is 712. The number of hydrogen-bond acceptors (Lipinski definition) is 2. The van der Waals surface area contributed by atoms with Gasteiger partial charge in [-0.25, -0.2) is 4.39 Å². The first kappa shape index (κ1) is 14.7. The van der Waals surface area contributed by atoms with Gasteiger partial charge in [0.05, 0.1) is 0 Å². The van der Waals surface area contributed by atoms with Gasteiger partial charge in [-0.2, -0.15) is 0 Å². The van der Waals surface area contributed by atoms with Crippen LogP contribution in [-0.4, -0.2) is 35.0 Å². The second kappa shape index (κ2) is 6.17. The first-order valence-corrected chi connectivity index (χ1v) is 6.33. The molecular weight excluding hydrogens is 273 g/mol. The van der Waals surface area contributed by atoms with Crippen molar-refractivity contribution in [2.24, 2.45) is 0 Å². The molecule has 0 aliphatic carbocycles. The maximum absolute atomic E-state index is 13.8. The van der Waals surface area contributed by atoms with E-state index in [9.17, 15) is 14.0 Å². The van der Waals surface area contributed by atoms with E-state index in [1.807, 2.05) is 0 Å². The molecule has 0 atom stereocenters. The monoisotopic (exact) mass is 287 g/mol. The summed E-state index contributed by atoms with van der Waals surface area (Å²) in [6.45, 7) is 3.19. The number of aliphatic carboxylic acids is 1. The van der Waals surface area contributed by atoms with Gasteiger partial charge in [-0.3, -0.25) is 9.59 Å². The molecule has 108 valence electrons. The second-order valence-electron chi connectivity index (χ2n) is 4.51. The van der Waals surface area contributed by atoms with Crippen LogP contribution in [0.15, 0.2) is 49.1 Å². The number of benzene rings is 2. The molecule has 4 nitrogen and oxygen atoms in total. The van der Waals surface area contributed by atoms with Gasteiger partial charge in [0.25, 0.3) is 5.91 Å². The maximum Gasteiger partial charge on any atom is 0.323 e. The summed E-state index contributed by atoms with van der Waals surface area (Å²) in [5, 5.41) is 9.67. The van der Waals surface area contributed by atoms with Crippen LogP contribution in [0.25, 0.3) is 10.8 Å². The number of fused-ring (bicyclic) bond motifs is 1. The highest BCUT2D eigenvalue weighted by atomic mass is 19.1. The topological polar surface area (TPSA) is 57.6 Å². The molecule has 1 N–H and O–H groups in total. The van der Waals surface area contributed by atoms with E-state index in [-0.39, 0.29) is 12.1 Å². The SMILES string of the molecule is C=CCN(CC(=O)O)C(=O)c1ccc(F)c2ccccc12. The fourth-order valence-electron chi connectivity index (χ4n) is 2.16. The molecule has 0 fully saturated rings. The van der Waals surface area contributed by atoms with Gasteiger partial charge >= 0.3 is 5.97 Å². The van der Waals surface area contributed by atoms with Gasteiger partial charge in [0.15, 0.2) is 0 Å². The van der Waals surface area contributed by atoms with E-state index in [2.05, 4.69) is 6.58 Å². The van der Waals surface area contributed by atoms with Gasteiger partial charge < -0.3 is 10.0 Å². The molecule has 2 aromatic rings. The molecule has 0 saturated carbocycles. The molecule has 1 amide bonds. The van der Waals surface area contributed by atoms with E-state index < -0.39 is 24.2 Å². The van der Waals surface area contributed by atoms with Crippen molar-refractivity contribution in [3.05, 3.63) is 60.4 Å². The summed E-state index contributed by atoms with van der Waals surface area (Å²) in [7, 11) is 0. The molecule has 5 heteroatoms. The van der Waals surface area contributed by atoms with E-state index in [1.165, 1.54) is 18.2 Å². The van der Waals surface area contributed by atoms with E-state index in [4.69, 9.17) is 5.11 Å². The minimum atomic E-state index is -1.11. The van der Waals surface area contributed by atoms with Gasteiger partial charge in [-0.15, -0.1) is 6.58 Å². The highest BCUT2D eigenvalue weighted by Crippen LogP contribution is 2.23. The van der Waals surface area contributed by atoms with Gasteiger partial charge in [0, 0.05) is 17.5 Å². The zero-order chi connectivity index (χ0) is 15.4. The Morgan fingerprint density at radius 3 is 2.48 bits per heavy atom. The molecule has 0 radical (unpaired) electrons. The van der Waals surface area contributed by atoms with Crippen molar-refractivity contribution < 1.29 is 19.1 Å². The number of halogens is 1. The van der Waals surface area contributed by atoms with E-state index in [0.717, 1.165) is 4.90 Å². The summed E-state index contributed by atoms with van der Waals surface area (Å²) in [6.07, 6.45) is 1.45. The number of nitrogens with zero attached hydrogens (tertiary/aromatic N) is 1. The van der Waals surface area contributed by atoms with Crippen molar-refractivity contribution in [1.29, 1.82) is 0 Å². The minimum Gasteiger partial charge on any atom is -0.480 e. The molecule has 0 aliphatic rings. The zero-order valence-corrected chi connectivity index (χ0v) is 11.3. The van der Waals surface area contributed by atoms with Gasteiger partial charge in [0.1, 0.15) is 12.4 Å². The minimum absolute atomic E-state index is 0.108. The normalized spacial score (nSPS) is 10.3. The third kappa shape index (κ3) is 3.08. The number of hydrogen-bond donors (Lipinski definition) is 1. The third-order valence-corrected chi connectivity index (χ3v) is 3.06. The third-order valence-electron chi connectivity index (χ3n) is 3.06. The molecule has 0 bridgehead atoms.